The number of aliphatic hydroxyl groups excluding tert-OH is 1. The summed E-state index contributed by atoms with van der Waals surface area (Å²) in [5.41, 5.74) is -2.42. The van der Waals surface area contributed by atoms with E-state index in [9.17, 15) is 24.3 Å². The topological polar surface area (TPSA) is 166 Å². The van der Waals surface area contributed by atoms with E-state index in [-0.39, 0.29) is 37.4 Å². The fourth-order valence-corrected chi connectivity index (χ4v) is 8.82. The van der Waals surface area contributed by atoms with Gasteiger partial charge in [0.15, 0.2) is 24.1 Å². The lowest BCUT2D eigenvalue weighted by Gasteiger charge is -2.48. The second-order valence-electron chi connectivity index (χ2n) is 16.5. The smallest absolute Gasteiger partial charge is 0.459 e. The van der Waals surface area contributed by atoms with Crippen molar-refractivity contribution >= 4 is 35.5 Å². The average molecular weight is 824 g/mol. The third-order valence-corrected chi connectivity index (χ3v) is 12.2. The van der Waals surface area contributed by atoms with Crippen LogP contribution in [0.2, 0.25) is 5.02 Å². The Labute approximate surface area is 341 Å². The zero-order chi connectivity index (χ0) is 42.6. The van der Waals surface area contributed by atoms with Gasteiger partial charge < -0.3 is 47.9 Å². The van der Waals surface area contributed by atoms with E-state index < -0.39 is 95.9 Å². The number of cyclic esters (lactones) is 1. The summed E-state index contributed by atoms with van der Waals surface area (Å²) >= 11 is 6.17. The van der Waals surface area contributed by atoms with E-state index in [1.54, 1.807) is 72.7 Å². The molecule has 3 fully saturated rings. The molecule has 3 heterocycles. The van der Waals surface area contributed by atoms with Crippen molar-refractivity contribution in [3.63, 3.8) is 0 Å². The summed E-state index contributed by atoms with van der Waals surface area (Å²) in [5, 5.41) is 12.1. The standard InChI is InChI=1S/C42H62ClNO13/c1-13-19-51-34(27-15-17-28(43)18-16-27)38(48)54-33-25(6)35(55-39-32(46)29(44(10)11)20-23(4)52-39)41(8,50-12)21-22(3)31(45)24(5)36-42(9,57-40(49)56-36)30(14-2)53-37(47)26(33)7/h13,15-18,22-26,29-30,32-36,39,46H,1,14,19-21H2,2-12H3/t22-,23-,24-,25+,26-,29+,30+,32-,33-,34?,35-,36-,39+,41+,42-/m1/s1. The molecular formula is C42H62ClNO13. The molecule has 15 atom stereocenters. The van der Waals surface area contributed by atoms with Crippen molar-refractivity contribution in [3.05, 3.63) is 47.5 Å². The number of rotatable bonds is 11. The number of benzene rings is 1. The number of methoxy groups -OCH3 is 1. The number of aliphatic hydroxyl groups is 1. The zero-order valence-electron chi connectivity index (χ0n) is 35.1. The minimum atomic E-state index is -1.53. The number of fused-ring (bicyclic) bond motifs is 1. The molecular weight excluding hydrogens is 762 g/mol. The van der Waals surface area contributed by atoms with Gasteiger partial charge in [-0.2, -0.15) is 0 Å². The number of nitrogens with zero attached hydrogens (tertiary/aromatic N) is 1. The lowest BCUT2D eigenvalue weighted by molar-refractivity contribution is -0.302. The maximum atomic E-state index is 14.4. The summed E-state index contributed by atoms with van der Waals surface area (Å²) < 4.78 is 49.1. The molecule has 1 N–H and O–H groups in total. The van der Waals surface area contributed by atoms with E-state index in [1.807, 2.05) is 25.9 Å². The highest BCUT2D eigenvalue weighted by Gasteiger charge is 2.59. The summed E-state index contributed by atoms with van der Waals surface area (Å²) in [4.78, 5) is 57.8. The van der Waals surface area contributed by atoms with Gasteiger partial charge in [0.25, 0.3) is 0 Å². The van der Waals surface area contributed by atoms with Crippen molar-refractivity contribution in [1.29, 1.82) is 0 Å². The van der Waals surface area contributed by atoms with E-state index in [0.29, 0.717) is 17.0 Å². The number of Topliss-reactive ketones (excluding diaryl/α,β-unsaturated/α-hetero) is 1. The normalized spacial score (nSPS) is 38.6. The molecule has 0 radical (unpaired) electrons. The average Bonchev–Trinajstić information content (AvgIpc) is 3.48. The molecule has 1 aromatic rings. The van der Waals surface area contributed by atoms with Crippen LogP contribution in [0.1, 0.15) is 86.3 Å². The zero-order valence-corrected chi connectivity index (χ0v) is 35.9. The Bertz CT molecular complexity index is 1570. The Balaban J connectivity index is 1.89. The Hall–Kier alpha value is -3.11. The predicted octanol–water partition coefficient (Wildman–Crippen LogP) is 5.84. The molecule has 4 rings (SSSR count). The molecule has 0 saturated carbocycles. The minimum absolute atomic E-state index is 0.00111. The summed E-state index contributed by atoms with van der Waals surface area (Å²) in [6.07, 6.45) is -7.05. The number of carbonyl (C=O) groups is 4. The Morgan fingerprint density at radius 1 is 1.07 bits per heavy atom. The Morgan fingerprint density at radius 2 is 1.72 bits per heavy atom. The Morgan fingerprint density at radius 3 is 2.30 bits per heavy atom. The molecule has 0 amide bonds. The molecule has 3 saturated heterocycles. The molecule has 14 nitrogen and oxygen atoms in total. The maximum Gasteiger partial charge on any atom is 0.509 e. The number of carbonyl (C=O) groups excluding carboxylic acids is 4. The molecule has 320 valence electrons. The van der Waals surface area contributed by atoms with Crippen LogP contribution in [-0.4, -0.2) is 122 Å². The fraction of sp³-hybridized carbons (Fsp3) is 0.714. The van der Waals surface area contributed by atoms with Crippen LogP contribution in [0.3, 0.4) is 0 Å². The van der Waals surface area contributed by atoms with Crippen LogP contribution >= 0.6 is 11.6 Å². The predicted molar refractivity (Wildman–Crippen MR) is 209 cm³/mol. The van der Waals surface area contributed by atoms with Crippen LogP contribution < -0.4 is 0 Å². The fourth-order valence-electron chi connectivity index (χ4n) is 8.70. The largest absolute Gasteiger partial charge is 0.509 e. The van der Waals surface area contributed by atoms with Crippen LogP contribution in [0, 0.1) is 23.7 Å². The van der Waals surface area contributed by atoms with E-state index in [4.69, 9.17) is 49.5 Å². The van der Waals surface area contributed by atoms with Gasteiger partial charge >= 0.3 is 18.1 Å². The van der Waals surface area contributed by atoms with Gasteiger partial charge in [-0.05, 0) is 78.7 Å². The van der Waals surface area contributed by atoms with E-state index in [2.05, 4.69) is 6.58 Å². The van der Waals surface area contributed by atoms with Crippen LogP contribution in [-0.2, 0) is 52.3 Å². The summed E-state index contributed by atoms with van der Waals surface area (Å²) in [5.74, 6) is -5.49. The van der Waals surface area contributed by atoms with Crippen molar-refractivity contribution in [3.8, 4) is 0 Å². The first-order valence-electron chi connectivity index (χ1n) is 19.8. The minimum Gasteiger partial charge on any atom is -0.459 e. The number of esters is 2. The number of ether oxygens (including phenoxy) is 8. The van der Waals surface area contributed by atoms with Crippen molar-refractivity contribution < 1.29 is 62.2 Å². The number of ketones is 1. The third-order valence-electron chi connectivity index (χ3n) is 12.0. The molecule has 3 aliphatic heterocycles. The quantitative estimate of drug-likeness (QED) is 0.161. The molecule has 1 unspecified atom stereocenters. The van der Waals surface area contributed by atoms with E-state index >= 15 is 0 Å². The molecule has 0 aromatic heterocycles. The van der Waals surface area contributed by atoms with Gasteiger partial charge in [-0.25, -0.2) is 9.59 Å². The third kappa shape index (κ3) is 10.2. The number of likely N-dealkylation sites (N-methyl/N-ethyl adjacent to an activating group) is 1. The summed E-state index contributed by atoms with van der Waals surface area (Å²) in [7, 11) is 5.19. The molecule has 0 bridgehead atoms. The second kappa shape index (κ2) is 19.3. The molecule has 15 heteroatoms. The number of halogens is 1. The van der Waals surface area contributed by atoms with Gasteiger partial charge in [0.1, 0.15) is 24.1 Å². The summed E-state index contributed by atoms with van der Waals surface area (Å²) in [6.45, 7) is 17.4. The molecule has 0 aliphatic carbocycles. The van der Waals surface area contributed by atoms with E-state index in [1.165, 1.54) is 13.2 Å². The highest BCUT2D eigenvalue weighted by Crippen LogP contribution is 2.43. The number of hydrogen-bond donors (Lipinski definition) is 1. The van der Waals surface area contributed by atoms with Crippen molar-refractivity contribution in [2.45, 2.75) is 141 Å². The van der Waals surface area contributed by atoms with Crippen molar-refractivity contribution in [2.24, 2.45) is 23.7 Å². The first-order valence-corrected chi connectivity index (χ1v) is 20.1. The van der Waals surface area contributed by atoms with Gasteiger partial charge in [0.2, 0.25) is 0 Å². The lowest BCUT2D eigenvalue weighted by atomic mass is 9.74. The molecule has 1 aromatic carbocycles. The van der Waals surface area contributed by atoms with Gasteiger partial charge in [0.05, 0.1) is 36.3 Å². The van der Waals surface area contributed by atoms with Gasteiger partial charge in [-0.3, -0.25) is 9.59 Å². The van der Waals surface area contributed by atoms with Crippen LogP contribution in [0.4, 0.5) is 4.79 Å². The SMILES string of the molecule is C=CCOC(C(=O)O[C@@H]1[C@H](C)[C@@H](O[C@@H]2O[C@H](C)C[C@H](N(C)C)[C@H]2O)[C@@](C)(OC)C[C@@H](C)C(=O)[C@@H](C)[C@H]2OC(=O)O[C@]2(C)[C@H](CC)OC(=O)[C@@H]1C)c1ccc(Cl)cc1. The molecule has 57 heavy (non-hydrogen) atoms. The molecule has 0 spiro atoms. The molecule has 3 aliphatic rings. The maximum absolute atomic E-state index is 14.4. The van der Waals surface area contributed by atoms with Gasteiger partial charge in [-0.1, -0.05) is 57.5 Å². The van der Waals surface area contributed by atoms with Crippen LogP contribution in [0.15, 0.2) is 36.9 Å². The number of hydrogen-bond acceptors (Lipinski definition) is 14. The first-order chi connectivity index (χ1) is 26.7. The lowest BCUT2D eigenvalue weighted by Crippen LogP contribution is -2.60. The van der Waals surface area contributed by atoms with Crippen molar-refractivity contribution in [1.82, 2.24) is 4.90 Å². The van der Waals surface area contributed by atoms with Gasteiger partial charge in [-0.15, -0.1) is 6.58 Å². The van der Waals surface area contributed by atoms with Gasteiger partial charge in [0, 0.05) is 30.0 Å². The van der Waals surface area contributed by atoms with E-state index in [0.717, 1.165) is 0 Å². The second-order valence-corrected chi connectivity index (χ2v) is 16.9. The van der Waals surface area contributed by atoms with Crippen LogP contribution in [0.5, 0.6) is 0 Å². The Kier molecular flexibility index (Phi) is 15.8. The highest BCUT2D eigenvalue weighted by molar-refractivity contribution is 6.30. The van der Waals surface area contributed by atoms with Crippen molar-refractivity contribution in [2.75, 3.05) is 27.8 Å². The first kappa shape index (κ1) is 46.6. The van der Waals surface area contributed by atoms with Crippen LogP contribution in [0.25, 0.3) is 0 Å². The monoisotopic (exact) mass is 823 g/mol. The highest BCUT2D eigenvalue weighted by atomic mass is 35.5. The summed E-state index contributed by atoms with van der Waals surface area (Å²) in [6, 6.07) is 6.18.